The maximum atomic E-state index is 12.4. The molecule has 0 bridgehead atoms. The van der Waals surface area contributed by atoms with Gasteiger partial charge < -0.3 is 20.3 Å². The second-order valence-corrected chi connectivity index (χ2v) is 11.5. The summed E-state index contributed by atoms with van der Waals surface area (Å²) in [6, 6.07) is 23.1. The first-order valence-corrected chi connectivity index (χ1v) is 16.3. The molecule has 0 radical (unpaired) electrons. The zero-order valence-corrected chi connectivity index (χ0v) is 27.9. The first kappa shape index (κ1) is 37.1. The highest BCUT2D eigenvalue weighted by atomic mass is 16.5. The predicted molar refractivity (Wildman–Crippen MR) is 192 cm³/mol. The van der Waals surface area contributed by atoms with Gasteiger partial charge >= 0.3 is 0 Å². The molecule has 0 amide bonds. The first-order chi connectivity index (χ1) is 21.9. The number of hydrogen-bond donors (Lipinski definition) is 2. The van der Waals surface area contributed by atoms with Crippen LogP contribution in [0, 0.1) is 18.3 Å². The molecule has 0 unspecified atom stereocenters. The molecule has 0 saturated carbocycles. The van der Waals surface area contributed by atoms with E-state index in [1.54, 1.807) is 0 Å². The Kier molecular flexibility index (Phi) is 18.5. The molecular formula is C40H53N3O2. The summed E-state index contributed by atoms with van der Waals surface area (Å²) in [5.74, 6) is 4.27. The summed E-state index contributed by atoms with van der Waals surface area (Å²) < 4.78 is 5.83. The Hall–Kier alpha value is -4.07. The number of carbonyl (C=O) groups is 1. The Morgan fingerprint density at radius 3 is 2.16 bits per heavy atom. The summed E-state index contributed by atoms with van der Waals surface area (Å²) in [5.41, 5.74) is 7.32. The van der Waals surface area contributed by atoms with E-state index < -0.39 is 0 Å². The van der Waals surface area contributed by atoms with E-state index in [-0.39, 0.29) is 5.78 Å². The van der Waals surface area contributed by atoms with Crippen molar-refractivity contribution in [3.63, 3.8) is 0 Å². The summed E-state index contributed by atoms with van der Waals surface area (Å²) in [5, 5.41) is 6.15. The van der Waals surface area contributed by atoms with E-state index in [4.69, 9.17) is 11.2 Å². The minimum absolute atomic E-state index is 0.0227. The monoisotopic (exact) mass is 607 g/mol. The summed E-state index contributed by atoms with van der Waals surface area (Å²) >= 11 is 0. The normalized spacial score (nSPS) is 10.4. The van der Waals surface area contributed by atoms with Crippen molar-refractivity contribution >= 4 is 17.5 Å². The molecule has 0 spiro atoms. The van der Waals surface area contributed by atoms with Crippen LogP contribution in [0.15, 0.2) is 85.1 Å². The number of nitrogens with one attached hydrogen (secondary N) is 2. The maximum absolute atomic E-state index is 12.4. The van der Waals surface area contributed by atoms with Gasteiger partial charge in [-0.05, 0) is 112 Å². The zero-order chi connectivity index (χ0) is 32.7. The van der Waals surface area contributed by atoms with Gasteiger partial charge in [0.2, 0.25) is 0 Å². The molecule has 0 aliphatic heterocycles. The fraction of sp³-hybridized carbons (Fsp3) is 0.400. The van der Waals surface area contributed by atoms with E-state index >= 15 is 0 Å². The van der Waals surface area contributed by atoms with Gasteiger partial charge in [0, 0.05) is 23.4 Å². The third-order valence-corrected chi connectivity index (χ3v) is 7.28. The Labute approximate surface area is 272 Å². The molecule has 2 N–H and O–H groups in total. The summed E-state index contributed by atoms with van der Waals surface area (Å²) in [6.45, 7) is 16.2. The molecular weight excluding hydrogens is 554 g/mol. The van der Waals surface area contributed by atoms with Gasteiger partial charge in [0.15, 0.2) is 5.78 Å². The number of benzene rings is 3. The van der Waals surface area contributed by atoms with Crippen molar-refractivity contribution in [2.45, 2.75) is 59.4 Å². The topological polar surface area (TPSA) is 53.6 Å². The minimum Gasteiger partial charge on any atom is -0.494 e. The molecule has 0 fully saturated rings. The molecule has 0 aliphatic rings. The molecule has 3 aromatic carbocycles. The van der Waals surface area contributed by atoms with E-state index in [0.29, 0.717) is 17.7 Å². The number of ether oxygens (including phenoxy) is 1. The number of rotatable bonds is 19. The van der Waals surface area contributed by atoms with E-state index in [0.717, 1.165) is 48.1 Å². The quantitative estimate of drug-likeness (QED) is 0.0620. The Bertz CT molecular complexity index is 1320. The molecule has 3 aromatic rings. The van der Waals surface area contributed by atoms with Crippen LogP contribution in [0.25, 0.3) is 6.08 Å². The average molecular weight is 608 g/mol. The lowest BCUT2D eigenvalue weighted by atomic mass is 10.0. The van der Waals surface area contributed by atoms with E-state index in [9.17, 15) is 4.79 Å². The third-order valence-electron chi connectivity index (χ3n) is 7.28. The highest BCUT2D eigenvalue weighted by molar-refractivity contribution is 6.09. The van der Waals surface area contributed by atoms with Crippen molar-refractivity contribution in [2.24, 2.45) is 5.92 Å². The number of unbranched alkanes of at least 4 members (excludes halogenated alkanes) is 2. The lowest BCUT2D eigenvalue weighted by Crippen LogP contribution is -2.28. The van der Waals surface area contributed by atoms with Gasteiger partial charge in [-0.25, -0.2) is 0 Å². The van der Waals surface area contributed by atoms with Crippen LogP contribution in [0.3, 0.4) is 0 Å². The second kappa shape index (κ2) is 22.4. The van der Waals surface area contributed by atoms with Crippen molar-refractivity contribution in [1.82, 2.24) is 10.2 Å². The van der Waals surface area contributed by atoms with Crippen molar-refractivity contribution in [1.29, 1.82) is 0 Å². The molecule has 240 valence electrons. The molecule has 0 aromatic heterocycles. The van der Waals surface area contributed by atoms with Crippen LogP contribution in [0.1, 0.15) is 79.9 Å². The fourth-order valence-corrected chi connectivity index (χ4v) is 4.60. The van der Waals surface area contributed by atoms with Crippen LogP contribution in [-0.4, -0.2) is 50.5 Å². The molecule has 45 heavy (non-hydrogen) atoms. The van der Waals surface area contributed by atoms with Gasteiger partial charge in [-0.15, -0.1) is 12.2 Å². The van der Waals surface area contributed by atoms with Crippen LogP contribution >= 0.6 is 0 Å². The molecule has 5 nitrogen and oxygen atoms in total. The summed E-state index contributed by atoms with van der Waals surface area (Å²) in [6.07, 6.45) is 13.3. The van der Waals surface area contributed by atoms with Gasteiger partial charge in [-0.3, -0.25) is 4.79 Å². The molecule has 5 heteroatoms. The standard InChI is InChI=1S/C22H35NO.C18H18N2O/c1-5-7-16-23(18-15-20(3)4)17-8-9-19-24-22-13-11-21(10-6-2)12-14-22;1-3-12-20-17-10-8-16(9-11-17)18(21)15-6-4-14(5-7-15)13-19-2/h10-14,20H,2,5,7-9,15-19H2,1,3-4H3;1,4-11,19-20H,12-13H2,2H3. The maximum Gasteiger partial charge on any atom is 0.193 e. The number of ketones is 1. The van der Waals surface area contributed by atoms with E-state index in [1.807, 2.05) is 85.9 Å². The van der Waals surface area contributed by atoms with Crippen molar-refractivity contribution in [2.75, 3.05) is 45.2 Å². The molecule has 3 rings (SSSR count). The largest absolute Gasteiger partial charge is 0.494 e. The van der Waals surface area contributed by atoms with Crippen LogP contribution in [-0.2, 0) is 6.54 Å². The molecule has 0 saturated heterocycles. The van der Waals surface area contributed by atoms with Gasteiger partial charge in [-0.2, -0.15) is 0 Å². The highest BCUT2D eigenvalue weighted by Crippen LogP contribution is 2.15. The van der Waals surface area contributed by atoms with Gasteiger partial charge in [-0.1, -0.05) is 76.1 Å². The van der Waals surface area contributed by atoms with Crippen molar-refractivity contribution in [3.8, 4) is 18.1 Å². The lowest BCUT2D eigenvalue weighted by molar-refractivity contribution is 0.103. The summed E-state index contributed by atoms with van der Waals surface area (Å²) in [7, 11) is 1.90. The smallest absolute Gasteiger partial charge is 0.193 e. The highest BCUT2D eigenvalue weighted by Gasteiger charge is 2.09. The molecule has 0 atom stereocenters. The second-order valence-electron chi connectivity index (χ2n) is 11.5. The van der Waals surface area contributed by atoms with Crippen LogP contribution in [0.2, 0.25) is 0 Å². The number of carbonyl (C=O) groups excluding carboxylic acids is 1. The van der Waals surface area contributed by atoms with Gasteiger partial charge in [0.1, 0.15) is 5.75 Å². The average Bonchev–Trinajstić information content (AvgIpc) is 3.06. The fourth-order valence-electron chi connectivity index (χ4n) is 4.60. The molecule has 0 aliphatic carbocycles. The molecule has 0 heterocycles. The predicted octanol–water partition coefficient (Wildman–Crippen LogP) is 8.47. The van der Waals surface area contributed by atoms with Crippen LogP contribution in [0.5, 0.6) is 5.75 Å². The SMILES string of the molecule is C#CCNc1ccc(C(=O)c2ccc(CNC)cc2)cc1.C=C=Cc1ccc(OCCCCN(CCCC)CCC(C)C)cc1. The number of terminal acetylenes is 1. The summed E-state index contributed by atoms with van der Waals surface area (Å²) in [4.78, 5) is 15.0. The Balaban J connectivity index is 0.000000316. The van der Waals surface area contributed by atoms with Gasteiger partial charge in [0.25, 0.3) is 0 Å². The number of nitrogens with zero attached hydrogens (tertiary/aromatic N) is 1. The van der Waals surface area contributed by atoms with E-state index in [1.165, 1.54) is 45.3 Å². The minimum atomic E-state index is 0.0227. The Morgan fingerprint density at radius 1 is 0.933 bits per heavy atom. The number of anilines is 1. The van der Waals surface area contributed by atoms with E-state index in [2.05, 4.69) is 54.5 Å². The number of hydrogen-bond acceptors (Lipinski definition) is 5. The third kappa shape index (κ3) is 15.5. The van der Waals surface area contributed by atoms with Crippen LogP contribution < -0.4 is 15.4 Å². The first-order valence-electron chi connectivity index (χ1n) is 16.3. The van der Waals surface area contributed by atoms with Crippen LogP contribution in [0.4, 0.5) is 5.69 Å². The van der Waals surface area contributed by atoms with Crippen molar-refractivity contribution in [3.05, 3.63) is 107 Å². The zero-order valence-electron chi connectivity index (χ0n) is 27.9. The van der Waals surface area contributed by atoms with Gasteiger partial charge in [0.05, 0.1) is 13.2 Å². The Morgan fingerprint density at radius 2 is 1.58 bits per heavy atom. The lowest BCUT2D eigenvalue weighted by Gasteiger charge is -2.23. The van der Waals surface area contributed by atoms with Crippen molar-refractivity contribution < 1.29 is 9.53 Å².